The molecule has 1 rings (SSSR count). The third kappa shape index (κ3) is 3.99. The van der Waals surface area contributed by atoms with Crippen LogP contribution in [0.15, 0.2) is 28.0 Å². The van der Waals surface area contributed by atoms with E-state index in [2.05, 4.69) is 4.72 Å². The van der Waals surface area contributed by atoms with Crippen molar-refractivity contribution in [1.29, 1.82) is 5.41 Å². The molecule has 0 atom stereocenters. The third-order valence-corrected chi connectivity index (χ3v) is 5.46. The van der Waals surface area contributed by atoms with E-state index >= 15 is 0 Å². The highest BCUT2D eigenvalue weighted by atomic mass is 32.2. The summed E-state index contributed by atoms with van der Waals surface area (Å²) in [5.41, 5.74) is 3.82. The second kappa shape index (κ2) is 5.35. The second-order valence-corrected chi connectivity index (χ2v) is 8.68. The molecule has 0 saturated carbocycles. The number of sulfonamides is 1. The van der Waals surface area contributed by atoms with Crippen LogP contribution < -0.4 is 10.5 Å². The minimum atomic E-state index is -4.39. The van der Waals surface area contributed by atoms with Crippen LogP contribution in [0.25, 0.3) is 0 Å². The lowest BCUT2D eigenvalue weighted by Gasteiger charge is -2.24. The molecule has 10 heteroatoms. The molecule has 0 spiro atoms. The fourth-order valence-electron chi connectivity index (χ4n) is 1.37. The summed E-state index contributed by atoms with van der Waals surface area (Å²) in [5, 5.41) is 7.30. The Morgan fingerprint density at radius 2 is 1.81 bits per heavy atom. The number of sulfone groups is 1. The molecule has 0 aromatic heterocycles. The number of hydrogen-bond donors (Lipinski definition) is 3. The number of rotatable bonds is 5. The molecule has 0 fully saturated rings. The summed E-state index contributed by atoms with van der Waals surface area (Å²) in [6.45, 7) is 2.65. The van der Waals surface area contributed by atoms with E-state index in [-0.39, 0.29) is 4.90 Å². The van der Waals surface area contributed by atoms with Crippen LogP contribution in [0, 0.1) is 11.2 Å². The van der Waals surface area contributed by atoms with E-state index in [9.17, 15) is 21.2 Å². The van der Waals surface area contributed by atoms with Gasteiger partial charge in [-0.1, -0.05) is 0 Å². The topological polar surface area (TPSA) is 130 Å². The summed E-state index contributed by atoms with van der Waals surface area (Å²) in [6, 6.07) is 2.45. The fraction of sp³-hybridized carbons (Fsp3) is 0.364. The summed E-state index contributed by atoms with van der Waals surface area (Å²) in [5.74, 6) is -1.57. The molecule has 4 N–H and O–H groups in total. The van der Waals surface area contributed by atoms with E-state index in [0.717, 1.165) is 24.5 Å². The highest BCUT2D eigenvalue weighted by Crippen LogP contribution is 2.21. The van der Waals surface area contributed by atoms with Gasteiger partial charge in [-0.3, -0.25) is 5.41 Å². The Bertz CT molecular complexity index is 786. The molecule has 1 aromatic carbocycles. The minimum absolute atomic E-state index is 0.329. The average molecular weight is 337 g/mol. The molecule has 21 heavy (non-hydrogen) atoms. The lowest BCUT2D eigenvalue weighted by Crippen LogP contribution is -2.52. The van der Waals surface area contributed by atoms with E-state index in [1.807, 2.05) is 0 Å². The number of amidine groups is 1. The molecule has 0 heterocycles. The van der Waals surface area contributed by atoms with Crippen molar-refractivity contribution in [3.05, 3.63) is 24.0 Å². The number of nitrogens with one attached hydrogen (secondary N) is 2. The normalized spacial score (nSPS) is 13.1. The lowest BCUT2D eigenvalue weighted by molar-refractivity contribution is 0.528. The maximum Gasteiger partial charge on any atom is 0.244 e. The second-order valence-electron chi connectivity index (χ2n) is 5.01. The molecule has 0 aliphatic rings. The zero-order chi connectivity index (χ0) is 16.6. The van der Waals surface area contributed by atoms with Crippen molar-refractivity contribution >= 4 is 25.7 Å². The first-order valence-corrected chi connectivity index (χ1v) is 9.03. The Hall–Kier alpha value is -1.52. The highest BCUT2D eigenvalue weighted by Gasteiger charge is 2.31. The molecule has 0 bridgehead atoms. The van der Waals surface area contributed by atoms with Crippen molar-refractivity contribution in [3.63, 3.8) is 0 Å². The van der Waals surface area contributed by atoms with Crippen molar-refractivity contribution in [1.82, 2.24) is 4.72 Å². The van der Waals surface area contributed by atoms with Gasteiger partial charge in [0, 0.05) is 6.26 Å². The van der Waals surface area contributed by atoms with Gasteiger partial charge in [0.15, 0.2) is 9.84 Å². The monoisotopic (exact) mass is 337 g/mol. The van der Waals surface area contributed by atoms with Crippen LogP contribution >= 0.6 is 0 Å². The van der Waals surface area contributed by atoms with E-state index in [1.54, 1.807) is 0 Å². The molecule has 0 amide bonds. The molecule has 0 radical (unpaired) electrons. The predicted octanol–water partition coefficient (Wildman–Crippen LogP) is 0.222. The number of hydrogen-bond acceptors (Lipinski definition) is 5. The smallest absolute Gasteiger partial charge is 0.244 e. The van der Waals surface area contributed by atoms with Gasteiger partial charge in [-0.25, -0.2) is 21.2 Å². The van der Waals surface area contributed by atoms with Gasteiger partial charge in [-0.2, -0.15) is 4.72 Å². The predicted molar refractivity (Wildman–Crippen MR) is 75.8 cm³/mol. The Morgan fingerprint density at radius 3 is 2.24 bits per heavy atom. The number of halogens is 1. The maximum absolute atomic E-state index is 13.7. The first-order valence-electron chi connectivity index (χ1n) is 5.65. The quantitative estimate of drug-likeness (QED) is 0.402. The van der Waals surface area contributed by atoms with Gasteiger partial charge < -0.3 is 5.73 Å². The van der Waals surface area contributed by atoms with Crippen LogP contribution in [0.4, 0.5) is 4.39 Å². The van der Waals surface area contributed by atoms with Gasteiger partial charge in [-0.15, -0.1) is 0 Å². The molecule has 0 unspecified atom stereocenters. The summed E-state index contributed by atoms with van der Waals surface area (Å²) >= 11 is 0. The maximum atomic E-state index is 13.7. The van der Waals surface area contributed by atoms with Gasteiger partial charge in [-0.05, 0) is 32.0 Å². The van der Waals surface area contributed by atoms with E-state index in [0.29, 0.717) is 0 Å². The molecular weight excluding hydrogens is 321 g/mol. The molecule has 118 valence electrons. The molecule has 0 saturated heterocycles. The Morgan fingerprint density at radius 1 is 1.29 bits per heavy atom. The summed E-state index contributed by atoms with van der Waals surface area (Å²) in [6.07, 6.45) is 0.879. The molecular formula is C11H16FN3O4S2. The van der Waals surface area contributed by atoms with E-state index in [4.69, 9.17) is 11.1 Å². The highest BCUT2D eigenvalue weighted by molar-refractivity contribution is 7.91. The van der Waals surface area contributed by atoms with Gasteiger partial charge >= 0.3 is 0 Å². The van der Waals surface area contributed by atoms with Crippen molar-refractivity contribution < 1.29 is 21.2 Å². The largest absolute Gasteiger partial charge is 0.386 e. The van der Waals surface area contributed by atoms with Crippen molar-refractivity contribution in [2.24, 2.45) is 5.73 Å². The van der Waals surface area contributed by atoms with Crippen LogP contribution in [0.3, 0.4) is 0 Å². The van der Waals surface area contributed by atoms with Crippen molar-refractivity contribution in [3.8, 4) is 0 Å². The standard InChI is InChI=1S/C11H16FN3O4S2/c1-11(2,10(13)14)15-21(18,19)9-6-7(20(3,16)17)4-5-8(9)12/h4-6,15H,1-3H3,(H3,13,14). The zero-order valence-electron chi connectivity index (χ0n) is 11.6. The van der Waals surface area contributed by atoms with Crippen LogP contribution in [-0.4, -0.2) is 34.5 Å². The molecule has 1 aromatic rings. The van der Waals surface area contributed by atoms with Gasteiger partial charge in [0.25, 0.3) is 0 Å². The SMILES string of the molecule is CC(C)(NS(=O)(=O)c1cc(S(C)(=O)=O)ccc1F)C(=N)N. The van der Waals surface area contributed by atoms with Gasteiger partial charge in [0.1, 0.15) is 16.5 Å². The fourth-order valence-corrected chi connectivity index (χ4v) is 3.59. The summed E-state index contributed by atoms with van der Waals surface area (Å²) < 4.78 is 62.9. The molecule has 0 aliphatic heterocycles. The number of nitrogens with two attached hydrogens (primary N) is 1. The van der Waals surface area contributed by atoms with Crippen LogP contribution in [0.1, 0.15) is 13.8 Å². The zero-order valence-corrected chi connectivity index (χ0v) is 13.3. The summed E-state index contributed by atoms with van der Waals surface area (Å²) in [4.78, 5) is -1.15. The molecule has 7 nitrogen and oxygen atoms in total. The van der Waals surface area contributed by atoms with Gasteiger partial charge in [0.05, 0.1) is 10.4 Å². The Kier molecular flexibility index (Phi) is 4.47. The van der Waals surface area contributed by atoms with Crippen molar-refractivity contribution in [2.45, 2.75) is 29.2 Å². The Labute approximate surface area is 122 Å². The minimum Gasteiger partial charge on any atom is -0.386 e. The summed E-state index contributed by atoms with van der Waals surface area (Å²) in [7, 11) is -8.07. The van der Waals surface area contributed by atoms with Crippen LogP contribution in [0.2, 0.25) is 0 Å². The average Bonchev–Trinajstić information content (AvgIpc) is 2.25. The molecule has 0 aliphatic carbocycles. The first-order chi connectivity index (χ1) is 9.27. The van der Waals surface area contributed by atoms with E-state index < -0.39 is 41.9 Å². The van der Waals surface area contributed by atoms with E-state index in [1.165, 1.54) is 13.8 Å². The Balaban J connectivity index is 3.42. The van der Waals surface area contributed by atoms with Crippen LogP contribution in [-0.2, 0) is 19.9 Å². The number of benzene rings is 1. The van der Waals surface area contributed by atoms with Crippen molar-refractivity contribution in [2.75, 3.05) is 6.26 Å². The van der Waals surface area contributed by atoms with Gasteiger partial charge in [0.2, 0.25) is 10.0 Å². The lowest BCUT2D eigenvalue weighted by atomic mass is 10.1. The third-order valence-electron chi connectivity index (χ3n) is 2.68. The van der Waals surface area contributed by atoms with Crippen LogP contribution in [0.5, 0.6) is 0 Å². The first kappa shape index (κ1) is 17.5.